The topological polar surface area (TPSA) is 45.8 Å². The smallest absolute Gasteiger partial charge is 0.268 e. The third-order valence-electron chi connectivity index (χ3n) is 4.08. The van der Waals surface area contributed by atoms with Crippen LogP contribution in [0.3, 0.4) is 0 Å². The Morgan fingerprint density at radius 2 is 1.70 bits per heavy atom. The van der Waals surface area contributed by atoms with E-state index in [9.17, 15) is 4.79 Å². The molecule has 1 aromatic heterocycles. The van der Waals surface area contributed by atoms with Crippen LogP contribution in [0.1, 0.15) is 62.9 Å². The van der Waals surface area contributed by atoms with Gasteiger partial charge >= 0.3 is 0 Å². The van der Waals surface area contributed by atoms with Crippen LogP contribution in [0.5, 0.6) is 0 Å². The van der Waals surface area contributed by atoms with Crippen molar-refractivity contribution in [2.24, 2.45) is 0 Å². The molecule has 0 atom stereocenters. The summed E-state index contributed by atoms with van der Waals surface area (Å²) in [5.74, 6) is 0.226. The second-order valence-electron chi connectivity index (χ2n) is 7.28. The molecule has 2 aromatic rings. The maximum absolute atomic E-state index is 12.5. The van der Waals surface area contributed by atoms with Crippen molar-refractivity contribution in [3.8, 4) is 6.07 Å². The molecule has 1 heterocycles. The maximum Gasteiger partial charge on any atom is 0.268 e. The Kier molecular flexibility index (Phi) is 4.75. The zero-order chi connectivity index (χ0) is 17.2. The lowest BCUT2D eigenvalue weighted by Gasteiger charge is -2.20. The van der Waals surface area contributed by atoms with Crippen molar-refractivity contribution >= 4 is 0 Å². The number of benzene rings is 1. The average molecular weight is 308 g/mol. The highest BCUT2D eigenvalue weighted by Gasteiger charge is 2.14. The van der Waals surface area contributed by atoms with Crippen molar-refractivity contribution in [1.82, 2.24) is 4.57 Å². The van der Waals surface area contributed by atoms with Gasteiger partial charge in [-0.25, -0.2) is 0 Å². The Balaban J connectivity index is 2.44. The standard InChI is InChI=1S/C20H24N2O/c1-14(2)18-11-8-16(12-21)19(23)22(18)13-15-6-9-17(10-7-15)20(3,4)5/h6-11,14H,13H2,1-5H3. The molecule has 3 heteroatoms. The molecule has 0 radical (unpaired) electrons. The largest absolute Gasteiger partial charge is 0.307 e. The summed E-state index contributed by atoms with van der Waals surface area (Å²) in [5.41, 5.74) is 3.38. The highest BCUT2D eigenvalue weighted by molar-refractivity contribution is 5.31. The fourth-order valence-electron chi connectivity index (χ4n) is 2.64. The highest BCUT2D eigenvalue weighted by atomic mass is 16.1. The third-order valence-corrected chi connectivity index (χ3v) is 4.08. The quantitative estimate of drug-likeness (QED) is 0.853. The Bertz CT molecular complexity index is 784. The van der Waals surface area contributed by atoms with Gasteiger partial charge in [-0.15, -0.1) is 0 Å². The summed E-state index contributed by atoms with van der Waals surface area (Å²) in [5, 5.41) is 9.10. The Labute approximate surface area is 138 Å². The van der Waals surface area contributed by atoms with Gasteiger partial charge in [-0.3, -0.25) is 4.79 Å². The Morgan fingerprint density at radius 3 is 2.17 bits per heavy atom. The van der Waals surface area contributed by atoms with Gasteiger partial charge in [0.2, 0.25) is 0 Å². The molecule has 0 saturated carbocycles. The van der Waals surface area contributed by atoms with Crippen molar-refractivity contribution in [2.45, 2.75) is 52.5 Å². The van der Waals surface area contributed by atoms with Crippen LogP contribution in [-0.4, -0.2) is 4.57 Å². The molecule has 0 N–H and O–H groups in total. The van der Waals surface area contributed by atoms with Crippen molar-refractivity contribution in [1.29, 1.82) is 5.26 Å². The fraction of sp³-hybridized carbons (Fsp3) is 0.400. The maximum atomic E-state index is 12.5. The first-order valence-corrected chi connectivity index (χ1v) is 7.97. The van der Waals surface area contributed by atoms with Crippen LogP contribution < -0.4 is 5.56 Å². The summed E-state index contributed by atoms with van der Waals surface area (Å²) in [7, 11) is 0. The average Bonchev–Trinajstić information content (AvgIpc) is 2.48. The van der Waals surface area contributed by atoms with Crippen LogP contribution in [0, 0.1) is 11.3 Å². The van der Waals surface area contributed by atoms with E-state index in [0.717, 1.165) is 11.3 Å². The molecule has 0 unspecified atom stereocenters. The van der Waals surface area contributed by atoms with Crippen molar-refractivity contribution < 1.29 is 0 Å². The number of hydrogen-bond donors (Lipinski definition) is 0. The van der Waals surface area contributed by atoms with E-state index in [1.807, 2.05) is 12.1 Å². The minimum absolute atomic E-state index is 0.110. The van der Waals surface area contributed by atoms with E-state index in [0.29, 0.717) is 6.54 Å². The number of rotatable bonds is 3. The van der Waals surface area contributed by atoms with E-state index in [1.54, 1.807) is 10.6 Å². The predicted octanol–water partition coefficient (Wildman–Crippen LogP) is 4.19. The number of pyridine rings is 1. The predicted molar refractivity (Wildman–Crippen MR) is 93.8 cm³/mol. The first-order valence-electron chi connectivity index (χ1n) is 7.97. The summed E-state index contributed by atoms with van der Waals surface area (Å²) in [6.45, 7) is 11.1. The lowest BCUT2D eigenvalue weighted by atomic mass is 9.87. The monoisotopic (exact) mass is 308 g/mol. The summed E-state index contributed by atoms with van der Waals surface area (Å²) in [6, 6.07) is 13.8. The molecule has 0 fully saturated rings. The van der Waals surface area contributed by atoms with Gasteiger partial charge in [0.05, 0.1) is 6.54 Å². The van der Waals surface area contributed by atoms with E-state index >= 15 is 0 Å². The molecule has 23 heavy (non-hydrogen) atoms. The van der Waals surface area contributed by atoms with Gasteiger partial charge in [0.25, 0.3) is 5.56 Å². The van der Waals surface area contributed by atoms with E-state index in [-0.39, 0.29) is 22.5 Å². The lowest BCUT2D eigenvalue weighted by Crippen LogP contribution is -2.26. The molecular weight excluding hydrogens is 284 g/mol. The zero-order valence-electron chi connectivity index (χ0n) is 14.6. The molecule has 0 saturated heterocycles. The van der Waals surface area contributed by atoms with Gasteiger partial charge in [0.15, 0.2) is 0 Å². The lowest BCUT2D eigenvalue weighted by molar-refractivity contribution is 0.589. The van der Waals surface area contributed by atoms with Crippen LogP contribution >= 0.6 is 0 Å². The van der Waals surface area contributed by atoms with Crippen LogP contribution in [0.4, 0.5) is 0 Å². The van der Waals surface area contributed by atoms with Gasteiger partial charge in [-0.05, 0) is 34.6 Å². The summed E-state index contributed by atoms with van der Waals surface area (Å²) in [4.78, 5) is 12.5. The van der Waals surface area contributed by atoms with Crippen LogP contribution in [-0.2, 0) is 12.0 Å². The molecule has 0 aliphatic rings. The second-order valence-corrected chi connectivity index (χ2v) is 7.28. The molecule has 0 aliphatic carbocycles. The van der Waals surface area contributed by atoms with Crippen LogP contribution in [0.15, 0.2) is 41.2 Å². The fourth-order valence-corrected chi connectivity index (χ4v) is 2.64. The zero-order valence-corrected chi connectivity index (χ0v) is 14.6. The summed E-state index contributed by atoms with van der Waals surface area (Å²) < 4.78 is 1.72. The summed E-state index contributed by atoms with van der Waals surface area (Å²) >= 11 is 0. The first-order chi connectivity index (χ1) is 10.7. The number of nitrogens with zero attached hydrogens (tertiary/aromatic N) is 2. The molecule has 2 rings (SSSR count). The van der Waals surface area contributed by atoms with E-state index in [1.165, 1.54) is 5.56 Å². The minimum Gasteiger partial charge on any atom is -0.307 e. The summed E-state index contributed by atoms with van der Waals surface area (Å²) in [6.07, 6.45) is 0. The SMILES string of the molecule is CC(C)c1ccc(C#N)c(=O)n1Cc1ccc(C(C)(C)C)cc1. The van der Waals surface area contributed by atoms with Crippen molar-refractivity contribution in [3.05, 3.63) is 69.1 Å². The van der Waals surface area contributed by atoms with Gasteiger partial charge in [0, 0.05) is 5.69 Å². The molecule has 1 aromatic carbocycles. The van der Waals surface area contributed by atoms with E-state index in [2.05, 4.69) is 58.9 Å². The normalized spacial score (nSPS) is 11.5. The second kappa shape index (κ2) is 6.42. The van der Waals surface area contributed by atoms with Gasteiger partial charge in [0.1, 0.15) is 11.6 Å². The van der Waals surface area contributed by atoms with Gasteiger partial charge in [-0.1, -0.05) is 58.9 Å². The molecular formula is C20H24N2O. The molecule has 3 nitrogen and oxygen atoms in total. The minimum atomic E-state index is -0.210. The molecule has 0 aliphatic heterocycles. The van der Waals surface area contributed by atoms with Crippen molar-refractivity contribution in [2.75, 3.05) is 0 Å². The van der Waals surface area contributed by atoms with Gasteiger partial charge < -0.3 is 4.57 Å². The molecule has 0 bridgehead atoms. The van der Waals surface area contributed by atoms with E-state index < -0.39 is 0 Å². The molecule has 0 spiro atoms. The van der Waals surface area contributed by atoms with Gasteiger partial charge in [-0.2, -0.15) is 5.26 Å². The highest BCUT2D eigenvalue weighted by Crippen LogP contribution is 2.22. The Morgan fingerprint density at radius 1 is 1.09 bits per heavy atom. The molecule has 0 amide bonds. The molecule has 120 valence electrons. The number of aromatic nitrogens is 1. The van der Waals surface area contributed by atoms with Crippen molar-refractivity contribution in [3.63, 3.8) is 0 Å². The number of nitriles is 1. The van der Waals surface area contributed by atoms with Crippen LogP contribution in [0.25, 0.3) is 0 Å². The van der Waals surface area contributed by atoms with E-state index in [4.69, 9.17) is 5.26 Å². The first kappa shape index (κ1) is 17.0. The third kappa shape index (κ3) is 3.71. The Hall–Kier alpha value is -2.34. The van der Waals surface area contributed by atoms with Crippen LogP contribution in [0.2, 0.25) is 0 Å². The number of hydrogen-bond acceptors (Lipinski definition) is 2.